The van der Waals surface area contributed by atoms with E-state index in [1.54, 1.807) is 7.11 Å². The van der Waals surface area contributed by atoms with E-state index in [1.807, 2.05) is 30.3 Å². The minimum Gasteiger partial charge on any atom is -0.497 e. The predicted molar refractivity (Wildman–Crippen MR) is 121 cm³/mol. The van der Waals surface area contributed by atoms with Crippen LogP contribution in [0.25, 0.3) is 0 Å². The van der Waals surface area contributed by atoms with E-state index in [1.165, 1.54) is 5.56 Å². The molecule has 4 rings (SSSR count). The highest BCUT2D eigenvalue weighted by molar-refractivity contribution is 6.27. The van der Waals surface area contributed by atoms with Gasteiger partial charge < -0.3 is 29.7 Å². The van der Waals surface area contributed by atoms with Gasteiger partial charge in [-0.2, -0.15) is 0 Å². The number of nitrogens with one attached hydrogen (secondary N) is 1. The third kappa shape index (κ3) is 7.11. The Hall–Kier alpha value is -3.79. The Kier molecular flexibility index (Phi) is 8.69. The maximum absolute atomic E-state index is 12.5. The predicted octanol–water partition coefficient (Wildman–Crippen LogP) is 2.11. The number of likely N-dealkylation sites (tertiary alicyclic amines) is 1. The van der Waals surface area contributed by atoms with Crippen LogP contribution in [0.4, 0.5) is 0 Å². The molecule has 1 fully saturated rings. The summed E-state index contributed by atoms with van der Waals surface area (Å²) in [5, 5.41) is 17.9. The van der Waals surface area contributed by atoms with Gasteiger partial charge in [0.15, 0.2) is 11.5 Å². The highest BCUT2D eigenvalue weighted by Gasteiger charge is 2.25. The van der Waals surface area contributed by atoms with E-state index in [9.17, 15) is 4.79 Å². The molecule has 3 N–H and O–H groups in total. The van der Waals surface area contributed by atoms with E-state index in [2.05, 4.69) is 22.3 Å². The number of ether oxygens (including phenoxy) is 3. The van der Waals surface area contributed by atoms with E-state index >= 15 is 0 Å². The topological polar surface area (TPSA) is 135 Å². The SMILES string of the molecule is COc1ccc(CNC(=O)C2CCN(Cc3ccc4c(c3)OCO4)CC2)cc1.O=C(O)C(=O)O. The third-order valence-corrected chi connectivity index (χ3v) is 5.61. The van der Waals surface area contributed by atoms with E-state index in [-0.39, 0.29) is 11.8 Å². The monoisotopic (exact) mass is 472 g/mol. The van der Waals surface area contributed by atoms with Crippen LogP contribution < -0.4 is 19.5 Å². The van der Waals surface area contributed by atoms with Gasteiger partial charge in [-0.05, 0) is 61.3 Å². The van der Waals surface area contributed by atoms with Crippen molar-refractivity contribution < 1.29 is 38.8 Å². The van der Waals surface area contributed by atoms with Crippen LogP contribution in [0.15, 0.2) is 42.5 Å². The van der Waals surface area contributed by atoms with Crippen molar-refractivity contribution in [1.82, 2.24) is 10.2 Å². The molecule has 0 atom stereocenters. The fraction of sp³-hybridized carbons (Fsp3) is 0.375. The number of carboxylic acids is 2. The van der Waals surface area contributed by atoms with Crippen LogP contribution in [0.3, 0.4) is 0 Å². The summed E-state index contributed by atoms with van der Waals surface area (Å²) in [5.41, 5.74) is 2.29. The van der Waals surface area contributed by atoms with Gasteiger partial charge in [0.1, 0.15) is 5.75 Å². The van der Waals surface area contributed by atoms with Crippen LogP contribution in [0.2, 0.25) is 0 Å². The Morgan fingerprint density at radius 2 is 1.59 bits per heavy atom. The van der Waals surface area contributed by atoms with E-state index in [0.717, 1.165) is 55.3 Å². The second kappa shape index (κ2) is 11.9. The minimum absolute atomic E-state index is 0.0891. The number of hydrogen-bond donors (Lipinski definition) is 3. The number of fused-ring (bicyclic) bond motifs is 1. The van der Waals surface area contributed by atoms with Crippen molar-refractivity contribution in [2.75, 3.05) is 27.0 Å². The lowest BCUT2D eigenvalue weighted by atomic mass is 9.95. The number of hydrogen-bond acceptors (Lipinski definition) is 7. The molecular formula is C24H28N2O8. The standard InChI is InChI=1S/C22H26N2O4.C2H2O4/c1-26-19-5-2-16(3-6-19)13-23-22(25)18-8-10-24(11-9-18)14-17-4-7-20-21(12-17)28-15-27-20;3-1(4)2(5)6/h2-7,12,18H,8-11,13-15H2,1H3,(H,23,25);(H,3,4)(H,5,6). The summed E-state index contributed by atoms with van der Waals surface area (Å²) in [6.07, 6.45) is 1.78. The number of aliphatic carboxylic acids is 2. The molecule has 0 spiro atoms. The molecule has 2 aromatic carbocycles. The molecule has 10 heteroatoms. The van der Waals surface area contributed by atoms with Gasteiger partial charge >= 0.3 is 11.9 Å². The highest BCUT2D eigenvalue weighted by atomic mass is 16.7. The molecule has 0 saturated carbocycles. The van der Waals surface area contributed by atoms with E-state index < -0.39 is 11.9 Å². The first kappa shape index (κ1) is 24.8. The maximum Gasteiger partial charge on any atom is 0.414 e. The molecule has 182 valence electrons. The molecule has 2 aromatic rings. The summed E-state index contributed by atoms with van der Waals surface area (Å²) < 4.78 is 16.0. The first-order valence-corrected chi connectivity index (χ1v) is 10.8. The fourth-order valence-electron chi connectivity index (χ4n) is 3.73. The maximum atomic E-state index is 12.5. The summed E-state index contributed by atoms with van der Waals surface area (Å²) >= 11 is 0. The molecule has 2 heterocycles. The van der Waals surface area contributed by atoms with Crippen molar-refractivity contribution in [3.63, 3.8) is 0 Å². The zero-order valence-corrected chi connectivity index (χ0v) is 18.9. The summed E-state index contributed by atoms with van der Waals surface area (Å²) in [6, 6.07) is 13.9. The number of carbonyl (C=O) groups is 3. The summed E-state index contributed by atoms with van der Waals surface area (Å²) in [7, 11) is 1.65. The van der Waals surface area contributed by atoms with Crippen molar-refractivity contribution in [3.8, 4) is 17.2 Å². The van der Waals surface area contributed by atoms with Crippen LogP contribution in [0.1, 0.15) is 24.0 Å². The van der Waals surface area contributed by atoms with E-state index in [0.29, 0.717) is 13.3 Å². The molecule has 10 nitrogen and oxygen atoms in total. The molecule has 0 radical (unpaired) electrons. The van der Waals surface area contributed by atoms with Gasteiger partial charge in [-0.1, -0.05) is 18.2 Å². The third-order valence-electron chi connectivity index (χ3n) is 5.61. The molecule has 2 aliphatic heterocycles. The number of piperidine rings is 1. The number of carbonyl (C=O) groups excluding carboxylic acids is 1. The van der Waals surface area contributed by atoms with Gasteiger partial charge in [-0.15, -0.1) is 0 Å². The molecule has 2 aliphatic rings. The van der Waals surface area contributed by atoms with Crippen LogP contribution in [0.5, 0.6) is 17.2 Å². The first-order valence-electron chi connectivity index (χ1n) is 10.8. The zero-order valence-electron chi connectivity index (χ0n) is 18.9. The van der Waals surface area contributed by atoms with Crippen molar-refractivity contribution in [2.45, 2.75) is 25.9 Å². The molecule has 1 amide bonds. The summed E-state index contributed by atoms with van der Waals surface area (Å²) in [5.74, 6) is -0.944. The summed E-state index contributed by atoms with van der Waals surface area (Å²) in [4.78, 5) is 33.1. The van der Waals surface area contributed by atoms with Crippen LogP contribution in [-0.4, -0.2) is 60.0 Å². The van der Waals surface area contributed by atoms with Gasteiger partial charge in [0, 0.05) is 19.0 Å². The molecule has 0 unspecified atom stereocenters. The highest BCUT2D eigenvalue weighted by Crippen LogP contribution is 2.33. The van der Waals surface area contributed by atoms with Crippen molar-refractivity contribution in [2.24, 2.45) is 5.92 Å². The van der Waals surface area contributed by atoms with E-state index in [4.69, 9.17) is 34.0 Å². The zero-order chi connectivity index (χ0) is 24.5. The van der Waals surface area contributed by atoms with Gasteiger partial charge in [-0.3, -0.25) is 9.69 Å². The van der Waals surface area contributed by atoms with Crippen LogP contribution >= 0.6 is 0 Å². The van der Waals surface area contributed by atoms with Crippen molar-refractivity contribution in [1.29, 1.82) is 0 Å². The molecule has 1 saturated heterocycles. The number of methoxy groups -OCH3 is 1. The second-order valence-corrected chi connectivity index (χ2v) is 7.91. The lowest BCUT2D eigenvalue weighted by Gasteiger charge is -2.31. The molecule has 0 bridgehead atoms. The number of rotatable bonds is 6. The molecule has 0 aromatic heterocycles. The van der Waals surface area contributed by atoms with Crippen LogP contribution in [0, 0.1) is 5.92 Å². The molecular weight excluding hydrogens is 444 g/mol. The lowest BCUT2D eigenvalue weighted by molar-refractivity contribution is -0.159. The van der Waals surface area contributed by atoms with Gasteiger partial charge in [0.2, 0.25) is 12.7 Å². The number of carboxylic acid groups (broad SMARTS) is 2. The molecule has 34 heavy (non-hydrogen) atoms. The van der Waals surface area contributed by atoms with Crippen molar-refractivity contribution in [3.05, 3.63) is 53.6 Å². The van der Waals surface area contributed by atoms with Crippen molar-refractivity contribution >= 4 is 17.8 Å². The largest absolute Gasteiger partial charge is 0.497 e. The lowest BCUT2D eigenvalue weighted by Crippen LogP contribution is -2.40. The summed E-state index contributed by atoms with van der Waals surface area (Å²) in [6.45, 7) is 3.58. The Morgan fingerprint density at radius 1 is 0.971 bits per heavy atom. The smallest absolute Gasteiger partial charge is 0.414 e. The van der Waals surface area contributed by atoms with Gasteiger partial charge in [-0.25, -0.2) is 9.59 Å². The van der Waals surface area contributed by atoms with Crippen LogP contribution in [-0.2, 0) is 27.5 Å². The number of benzene rings is 2. The number of nitrogens with zero attached hydrogens (tertiary/aromatic N) is 1. The van der Waals surface area contributed by atoms with Gasteiger partial charge in [0.05, 0.1) is 7.11 Å². The van der Waals surface area contributed by atoms with Gasteiger partial charge in [0.25, 0.3) is 0 Å². The Morgan fingerprint density at radius 3 is 2.21 bits per heavy atom. The fourth-order valence-corrected chi connectivity index (χ4v) is 3.73. The average Bonchev–Trinajstić information content (AvgIpc) is 3.31. The average molecular weight is 472 g/mol. The Bertz CT molecular complexity index is 989. The first-order chi connectivity index (χ1) is 16.4. The normalized spacial score (nSPS) is 15.1. The minimum atomic E-state index is -1.82. The Labute approximate surface area is 197 Å². The second-order valence-electron chi connectivity index (χ2n) is 7.91. The quantitative estimate of drug-likeness (QED) is 0.540. The Balaban J connectivity index is 0.000000481. The molecule has 0 aliphatic carbocycles. The number of amides is 1.